The number of fused-ring (bicyclic) bond motifs is 3. The highest BCUT2D eigenvalue weighted by molar-refractivity contribution is 5.88. The first-order valence-corrected chi connectivity index (χ1v) is 6.00. The maximum atomic E-state index is 5.88. The van der Waals surface area contributed by atoms with Gasteiger partial charge in [-0.3, -0.25) is 0 Å². The Morgan fingerprint density at radius 2 is 1.83 bits per heavy atom. The second-order valence-electron chi connectivity index (χ2n) is 4.34. The standard InChI is InChI=1S/C17H14O/c1-3-12-11-15-14-8-6-5-7-13(14)9-10-17(15)18-16(12)4-2/h3-10H,1-2,11H2. The Kier molecular flexibility index (Phi) is 2.52. The van der Waals surface area contributed by atoms with E-state index in [9.17, 15) is 0 Å². The van der Waals surface area contributed by atoms with Crippen molar-refractivity contribution < 1.29 is 4.74 Å². The quantitative estimate of drug-likeness (QED) is 0.748. The van der Waals surface area contributed by atoms with Crippen molar-refractivity contribution in [1.82, 2.24) is 0 Å². The highest BCUT2D eigenvalue weighted by Crippen LogP contribution is 2.36. The summed E-state index contributed by atoms with van der Waals surface area (Å²) in [6, 6.07) is 12.5. The fourth-order valence-corrected chi connectivity index (χ4v) is 2.40. The maximum Gasteiger partial charge on any atom is 0.131 e. The number of benzene rings is 2. The van der Waals surface area contributed by atoms with E-state index in [0.717, 1.165) is 23.5 Å². The third kappa shape index (κ3) is 1.56. The van der Waals surface area contributed by atoms with E-state index >= 15 is 0 Å². The van der Waals surface area contributed by atoms with Crippen molar-refractivity contribution in [2.24, 2.45) is 0 Å². The summed E-state index contributed by atoms with van der Waals surface area (Å²) in [6.07, 6.45) is 4.44. The van der Waals surface area contributed by atoms with Crippen molar-refractivity contribution in [1.29, 1.82) is 0 Å². The Hall–Kier alpha value is -2.28. The van der Waals surface area contributed by atoms with Crippen LogP contribution in [0.5, 0.6) is 5.75 Å². The van der Waals surface area contributed by atoms with Crippen LogP contribution in [0.25, 0.3) is 10.8 Å². The highest BCUT2D eigenvalue weighted by Gasteiger charge is 2.18. The second kappa shape index (κ2) is 4.19. The van der Waals surface area contributed by atoms with Gasteiger partial charge in [-0.2, -0.15) is 0 Å². The van der Waals surface area contributed by atoms with Crippen LogP contribution in [0.3, 0.4) is 0 Å². The summed E-state index contributed by atoms with van der Waals surface area (Å²) in [5, 5.41) is 2.49. The minimum absolute atomic E-state index is 0.813. The Balaban J connectivity index is 2.23. The van der Waals surface area contributed by atoms with Crippen LogP contribution in [0.2, 0.25) is 0 Å². The number of hydrogen-bond donors (Lipinski definition) is 0. The third-order valence-electron chi connectivity index (χ3n) is 3.33. The molecule has 18 heavy (non-hydrogen) atoms. The van der Waals surface area contributed by atoms with E-state index in [1.165, 1.54) is 16.3 Å². The van der Waals surface area contributed by atoms with Gasteiger partial charge in [0.25, 0.3) is 0 Å². The molecule has 0 aromatic heterocycles. The molecule has 2 aromatic rings. The zero-order chi connectivity index (χ0) is 12.5. The molecule has 1 aliphatic heterocycles. The van der Waals surface area contributed by atoms with E-state index in [4.69, 9.17) is 4.74 Å². The number of allylic oxidation sites excluding steroid dienone is 3. The molecule has 0 saturated heterocycles. The van der Waals surface area contributed by atoms with Crippen molar-refractivity contribution in [3.8, 4) is 5.75 Å². The van der Waals surface area contributed by atoms with Crippen LogP contribution < -0.4 is 4.74 Å². The van der Waals surface area contributed by atoms with E-state index in [0.29, 0.717) is 0 Å². The first kappa shape index (κ1) is 10.8. The van der Waals surface area contributed by atoms with Crippen molar-refractivity contribution in [2.45, 2.75) is 6.42 Å². The molecule has 2 aromatic carbocycles. The Bertz CT molecular complexity index is 677. The lowest BCUT2D eigenvalue weighted by Crippen LogP contribution is -2.08. The smallest absolute Gasteiger partial charge is 0.131 e. The first-order chi connectivity index (χ1) is 8.83. The van der Waals surface area contributed by atoms with E-state index in [-0.39, 0.29) is 0 Å². The predicted octanol–water partition coefficient (Wildman–Crippen LogP) is 4.40. The molecule has 0 unspecified atom stereocenters. The van der Waals surface area contributed by atoms with Gasteiger partial charge in [0.15, 0.2) is 0 Å². The molecule has 0 N–H and O–H groups in total. The molecule has 0 radical (unpaired) electrons. The van der Waals surface area contributed by atoms with Crippen molar-refractivity contribution >= 4 is 10.8 Å². The molecule has 0 fully saturated rings. The van der Waals surface area contributed by atoms with Crippen molar-refractivity contribution in [3.05, 3.63) is 78.6 Å². The van der Waals surface area contributed by atoms with E-state index in [1.807, 2.05) is 12.1 Å². The molecule has 0 aliphatic carbocycles. The Labute approximate surface area is 107 Å². The van der Waals surface area contributed by atoms with Crippen LogP contribution in [0.4, 0.5) is 0 Å². The molecule has 0 atom stereocenters. The molecular weight excluding hydrogens is 220 g/mol. The van der Waals surface area contributed by atoms with E-state index in [2.05, 4.69) is 43.5 Å². The summed E-state index contributed by atoms with van der Waals surface area (Å²) in [5.74, 6) is 1.74. The summed E-state index contributed by atoms with van der Waals surface area (Å²) in [7, 11) is 0. The molecule has 0 saturated carbocycles. The van der Waals surface area contributed by atoms with Crippen LogP contribution >= 0.6 is 0 Å². The van der Waals surface area contributed by atoms with Crippen molar-refractivity contribution in [2.75, 3.05) is 0 Å². The lowest BCUT2D eigenvalue weighted by Gasteiger charge is -2.21. The number of rotatable bonds is 2. The van der Waals surface area contributed by atoms with E-state index < -0.39 is 0 Å². The predicted molar refractivity (Wildman–Crippen MR) is 75.7 cm³/mol. The fourth-order valence-electron chi connectivity index (χ4n) is 2.40. The summed E-state index contributed by atoms with van der Waals surface area (Å²) in [6.45, 7) is 7.64. The van der Waals surface area contributed by atoms with Gasteiger partial charge in [-0.25, -0.2) is 0 Å². The fraction of sp³-hybridized carbons (Fsp3) is 0.0588. The average molecular weight is 234 g/mol. The molecule has 3 rings (SSSR count). The molecule has 1 nitrogen and oxygen atoms in total. The largest absolute Gasteiger partial charge is 0.457 e. The van der Waals surface area contributed by atoms with Gasteiger partial charge in [-0.1, -0.05) is 49.6 Å². The van der Waals surface area contributed by atoms with Gasteiger partial charge in [0.05, 0.1) is 0 Å². The molecule has 0 amide bonds. The topological polar surface area (TPSA) is 9.23 Å². The molecule has 0 spiro atoms. The Morgan fingerprint density at radius 3 is 2.61 bits per heavy atom. The minimum Gasteiger partial charge on any atom is -0.457 e. The van der Waals surface area contributed by atoms with Crippen LogP contribution in [-0.4, -0.2) is 0 Å². The van der Waals surface area contributed by atoms with Gasteiger partial charge < -0.3 is 4.74 Å². The van der Waals surface area contributed by atoms with Crippen LogP contribution in [0, 0.1) is 0 Å². The van der Waals surface area contributed by atoms with Gasteiger partial charge in [0.1, 0.15) is 11.5 Å². The van der Waals surface area contributed by atoms with Gasteiger partial charge in [-0.15, -0.1) is 0 Å². The van der Waals surface area contributed by atoms with Crippen molar-refractivity contribution in [3.63, 3.8) is 0 Å². The normalized spacial score (nSPS) is 14.0. The van der Waals surface area contributed by atoms with Crippen LogP contribution in [0.1, 0.15) is 5.56 Å². The van der Waals surface area contributed by atoms with Crippen LogP contribution in [-0.2, 0) is 6.42 Å². The molecule has 1 aliphatic rings. The van der Waals surface area contributed by atoms with Crippen LogP contribution in [0.15, 0.2) is 73.0 Å². The molecule has 1 heterocycles. The third-order valence-corrected chi connectivity index (χ3v) is 3.33. The second-order valence-corrected chi connectivity index (χ2v) is 4.34. The summed E-state index contributed by atoms with van der Waals surface area (Å²) < 4.78 is 5.88. The summed E-state index contributed by atoms with van der Waals surface area (Å²) in [5.41, 5.74) is 2.32. The first-order valence-electron chi connectivity index (χ1n) is 6.00. The zero-order valence-corrected chi connectivity index (χ0v) is 10.1. The molecule has 1 heteroatoms. The number of hydrogen-bond acceptors (Lipinski definition) is 1. The van der Waals surface area contributed by atoms with Gasteiger partial charge in [-0.05, 0) is 28.5 Å². The monoisotopic (exact) mass is 234 g/mol. The lowest BCUT2D eigenvalue weighted by atomic mass is 9.95. The summed E-state index contributed by atoms with van der Waals surface area (Å²) >= 11 is 0. The number of ether oxygens (including phenoxy) is 1. The lowest BCUT2D eigenvalue weighted by molar-refractivity contribution is 0.424. The van der Waals surface area contributed by atoms with Gasteiger partial charge in [0, 0.05) is 12.0 Å². The maximum absolute atomic E-state index is 5.88. The SMILES string of the molecule is C=CC1=C(C=C)Oc2ccc3ccccc3c2C1. The Morgan fingerprint density at radius 1 is 1.00 bits per heavy atom. The van der Waals surface area contributed by atoms with E-state index in [1.54, 1.807) is 6.08 Å². The zero-order valence-electron chi connectivity index (χ0n) is 10.1. The van der Waals surface area contributed by atoms with Gasteiger partial charge in [0.2, 0.25) is 0 Å². The minimum atomic E-state index is 0.813. The summed E-state index contributed by atoms with van der Waals surface area (Å²) in [4.78, 5) is 0. The molecular formula is C17H14O. The average Bonchev–Trinajstić information content (AvgIpc) is 2.45. The highest BCUT2D eigenvalue weighted by atomic mass is 16.5. The van der Waals surface area contributed by atoms with Gasteiger partial charge >= 0.3 is 0 Å². The molecule has 88 valence electrons. The molecule has 0 bridgehead atoms.